The number of Topliss-reactive ketones (excluding diaryl/α,β-unsaturated/α-hetero) is 2. The van der Waals surface area contributed by atoms with Gasteiger partial charge in [-0.2, -0.15) is 0 Å². The lowest BCUT2D eigenvalue weighted by Gasteiger charge is -2.53. The lowest BCUT2D eigenvalue weighted by atomic mass is 9.56. The maximum absolute atomic E-state index is 13.4. The molecule has 0 spiro atoms. The molecule has 1 aliphatic heterocycles. The molecule has 1 amide bonds. The van der Waals surface area contributed by atoms with Gasteiger partial charge in [-0.3, -0.25) is 19.3 Å². The van der Waals surface area contributed by atoms with Gasteiger partial charge in [0.2, 0.25) is 12.7 Å². The highest BCUT2D eigenvalue weighted by atomic mass is 16.7. The Hall–Kier alpha value is -4.43. The summed E-state index contributed by atoms with van der Waals surface area (Å²) in [7, 11) is 2.80. The van der Waals surface area contributed by atoms with Crippen LogP contribution in [0, 0.1) is 11.8 Å². The van der Waals surface area contributed by atoms with Crippen molar-refractivity contribution in [3.05, 3.63) is 41.5 Å². The Morgan fingerprint density at radius 1 is 0.976 bits per heavy atom. The topological polar surface area (TPSA) is 220 Å². The van der Waals surface area contributed by atoms with E-state index in [-0.39, 0.29) is 23.1 Å². The number of ketones is 2. The molecule has 2 unspecified atom stereocenters. The number of rotatable bonds is 3. The zero-order valence-corrected chi connectivity index (χ0v) is 21.7. The second kappa shape index (κ2) is 8.78. The summed E-state index contributed by atoms with van der Waals surface area (Å²) in [5.41, 5.74) is 1.88. The van der Waals surface area contributed by atoms with Crippen LogP contribution in [0.5, 0.6) is 28.7 Å². The molecule has 6 rings (SSSR count). The number of fused-ring (bicyclic) bond motifs is 4. The quantitative estimate of drug-likeness (QED) is 0.164. The van der Waals surface area contributed by atoms with Crippen molar-refractivity contribution in [2.45, 2.75) is 23.9 Å². The van der Waals surface area contributed by atoms with Crippen LogP contribution in [-0.4, -0.2) is 85.5 Å². The summed E-state index contributed by atoms with van der Waals surface area (Å²) in [6, 6.07) is 6.16. The largest absolute Gasteiger partial charge is 0.507 e. The van der Waals surface area contributed by atoms with E-state index in [1.807, 2.05) is 0 Å². The van der Waals surface area contributed by atoms with E-state index in [1.54, 1.807) is 18.2 Å². The molecule has 1 heterocycles. The third-order valence-electron chi connectivity index (χ3n) is 8.40. The first-order valence-electron chi connectivity index (χ1n) is 12.6. The number of likely N-dealkylation sites (N-methyl/N-ethyl adjacent to an activating group) is 1. The van der Waals surface area contributed by atoms with Crippen LogP contribution in [0.2, 0.25) is 0 Å². The lowest BCUT2D eigenvalue weighted by molar-refractivity contribution is -0.202. The van der Waals surface area contributed by atoms with Crippen LogP contribution in [0.4, 0.5) is 0 Å². The van der Waals surface area contributed by atoms with Gasteiger partial charge in [-0.1, -0.05) is 6.07 Å². The molecule has 2 aliphatic carbocycles. The molecule has 214 valence electrons. The van der Waals surface area contributed by atoms with Crippen LogP contribution in [0.15, 0.2) is 30.3 Å². The average Bonchev–Trinajstić information content (AvgIpc) is 3.38. The summed E-state index contributed by atoms with van der Waals surface area (Å²) in [5, 5.41) is 68.3. The third kappa shape index (κ3) is 3.34. The summed E-state index contributed by atoms with van der Waals surface area (Å²) < 4.78 is 10.7. The fourth-order valence-corrected chi connectivity index (χ4v) is 6.52. The molecule has 0 bridgehead atoms. The molecule has 3 aromatic carbocycles. The number of nitrogens with zero attached hydrogens (tertiary/aromatic N) is 1. The van der Waals surface area contributed by atoms with Gasteiger partial charge in [0, 0.05) is 22.1 Å². The number of primary amides is 1. The summed E-state index contributed by atoms with van der Waals surface area (Å²) in [4.78, 5) is 40.0. The molecule has 13 nitrogen and oxygen atoms in total. The Balaban J connectivity index is 1.61. The van der Waals surface area contributed by atoms with Crippen LogP contribution < -0.4 is 15.2 Å². The van der Waals surface area contributed by atoms with Crippen molar-refractivity contribution in [1.29, 1.82) is 0 Å². The Morgan fingerprint density at radius 3 is 2.32 bits per heavy atom. The van der Waals surface area contributed by atoms with Crippen molar-refractivity contribution in [3.63, 3.8) is 0 Å². The number of phenols is 3. The standard InChI is InChI=1S/C28H26N2O11/c1-30(2)19-18-23(34)15-16(25(36)28(18,39)26(37)17(24(19)35)27(29)38)22(33)14-11(21(15)32)5-4-10(20(14)31)9-3-6-12-13(7-9)41-8-40-12/h3-7,17-19,23,25,31-34,36,39H,8H2,1-2H3,(H2,29,38)/t17?,18-,19+,23+,25?,28+/m1/s1. The van der Waals surface area contributed by atoms with Crippen LogP contribution in [0.3, 0.4) is 0 Å². The van der Waals surface area contributed by atoms with Crippen molar-refractivity contribution < 1.29 is 54.5 Å². The number of nitrogens with two attached hydrogens (primary N) is 1. The number of aromatic hydroxyl groups is 3. The van der Waals surface area contributed by atoms with E-state index in [0.29, 0.717) is 17.1 Å². The molecule has 8 N–H and O–H groups in total. The monoisotopic (exact) mass is 566 g/mol. The zero-order valence-electron chi connectivity index (χ0n) is 21.7. The summed E-state index contributed by atoms with van der Waals surface area (Å²) in [6.07, 6.45) is -4.33. The number of carbonyl (C=O) groups is 3. The van der Waals surface area contributed by atoms with Gasteiger partial charge in [-0.05, 0) is 43.9 Å². The number of carbonyl (C=O) groups excluding carboxylic acids is 3. The third-order valence-corrected chi connectivity index (χ3v) is 8.40. The van der Waals surface area contributed by atoms with E-state index in [9.17, 15) is 45.0 Å². The molecule has 0 saturated heterocycles. The molecule has 1 saturated carbocycles. The molecular formula is C28H26N2O11. The highest BCUT2D eigenvalue weighted by molar-refractivity contribution is 6.24. The first kappa shape index (κ1) is 26.8. The number of phenolic OH excluding ortho intramolecular Hbond substituents is 3. The lowest BCUT2D eigenvalue weighted by Crippen LogP contribution is -2.71. The van der Waals surface area contributed by atoms with E-state index < -0.39 is 81.5 Å². The molecule has 41 heavy (non-hydrogen) atoms. The van der Waals surface area contributed by atoms with Crippen molar-refractivity contribution in [3.8, 4) is 39.9 Å². The van der Waals surface area contributed by atoms with E-state index in [0.717, 1.165) is 0 Å². The van der Waals surface area contributed by atoms with Gasteiger partial charge in [0.25, 0.3) is 0 Å². The zero-order chi connectivity index (χ0) is 29.7. The number of hydrogen-bond acceptors (Lipinski definition) is 12. The highest BCUT2D eigenvalue weighted by Gasteiger charge is 2.68. The van der Waals surface area contributed by atoms with Gasteiger partial charge in [-0.25, -0.2) is 0 Å². The van der Waals surface area contributed by atoms with Crippen molar-refractivity contribution >= 4 is 28.2 Å². The van der Waals surface area contributed by atoms with Gasteiger partial charge in [0.1, 0.15) is 23.4 Å². The van der Waals surface area contributed by atoms with Gasteiger partial charge in [0.15, 0.2) is 34.6 Å². The SMILES string of the molecule is CN(C)[C@@H]1C(=O)C(C(N)=O)C(=O)[C@@]2(O)C(O)c3c(c(O)c4ccc(-c5ccc6c(c5)OCO6)c(O)c4c3O)[C@H](O)[C@@H]12. The second-order valence-corrected chi connectivity index (χ2v) is 10.7. The van der Waals surface area contributed by atoms with E-state index in [1.165, 1.54) is 31.1 Å². The Bertz CT molecular complexity index is 1690. The van der Waals surface area contributed by atoms with Crippen molar-refractivity contribution in [2.75, 3.05) is 20.9 Å². The molecule has 1 fully saturated rings. The summed E-state index contributed by atoms with van der Waals surface area (Å²) >= 11 is 0. The predicted molar refractivity (Wildman–Crippen MR) is 139 cm³/mol. The fourth-order valence-electron chi connectivity index (χ4n) is 6.52. The number of aliphatic hydroxyl groups excluding tert-OH is 2. The minimum Gasteiger partial charge on any atom is -0.507 e. The molecule has 6 atom stereocenters. The second-order valence-electron chi connectivity index (χ2n) is 10.7. The summed E-state index contributed by atoms with van der Waals surface area (Å²) in [6.45, 7) is 0.0169. The Morgan fingerprint density at radius 2 is 1.66 bits per heavy atom. The van der Waals surface area contributed by atoms with Gasteiger partial charge in [0.05, 0.1) is 23.4 Å². The fraction of sp³-hybridized carbons (Fsp3) is 0.321. The first-order chi connectivity index (χ1) is 19.3. The molecule has 3 aliphatic rings. The maximum atomic E-state index is 13.4. The molecule has 0 aromatic heterocycles. The maximum Gasteiger partial charge on any atom is 0.235 e. The van der Waals surface area contributed by atoms with Crippen molar-refractivity contribution in [1.82, 2.24) is 4.90 Å². The predicted octanol–water partition coefficient (Wildman–Crippen LogP) is -0.0365. The van der Waals surface area contributed by atoms with Crippen LogP contribution in [0.1, 0.15) is 23.3 Å². The summed E-state index contributed by atoms with van der Waals surface area (Å²) in [5.74, 6) is -8.84. The molecule has 0 radical (unpaired) electrons. The number of hydrogen-bond donors (Lipinski definition) is 7. The minimum absolute atomic E-state index is 0.0169. The van der Waals surface area contributed by atoms with E-state index in [2.05, 4.69) is 0 Å². The number of aliphatic hydroxyl groups is 3. The van der Waals surface area contributed by atoms with E-state index >= 15 is 0 Å². The highest BCUT2D eigenvalue weighted by Crippen LogP contribution is 2.60. The Labute approximate surface area is 231 Å². The molecular weight excluding hydrogens is 540 g/mol. The van der Waals surface area contributed by atoms with Gasteiger partial charge in [-0.15, -0.1) is 0 Å². The first-order valence-corrected chi connectivity index (χ1v) is 12.6. The Kier molecular flexibility index (Phi) is 5.74. The number of amides is 1. The van der Waals surface area contributed by atoms with Crippen LogP contribution in [-0.2, 0) is 14.4 Å². The minimum atomic E-state index is -2.99. The van der Waals surface area contributed by atoms with Crippen LogP contribution in [0.25, 0.3) is 21.9 Å². The van der Waals surface area contributed by atoms with E-state index in [4.69, 9.17) is 15.2 Å². The normalized spacial score (nSPS) is 28.6. The molecule has 3 aromatic rings. The van der Waals surface area contributed by atoms with Crippen molar-refractivity contribution in [2.24, 2.45) is 17.6 Å². The smallest absolute Gasteiger partial charge is 0.235 e. The van der Waals surface area contributed by atoms with Crippen LogP contribution >= 0.6 is 0 Å². The number of benzene rings is 3. The average molecular weight is 567 g/mol. The van der Waals surface area contributed by atoms with Gasteiger partial charge < -0.3 is 45.8 Å². The number of ether oxygens (including phenoxy) is 2. The van der Waals surface area contributed by atoms with Gasteiger partial charge >= 0.3 is 0 Å². The molecule has 13 heteroatoms.